The van der Waals surface area contributed by atoms with E-state index >= 15 is 0 Å². The van der Waals surface area contributed by atoms with Crippen LogP contribution in [0.4, 0.5) is 0 Å². The van der Waals surface area contributed by atoms with Crippen LogP contribution in [0.2, 0.25) is 0 Å². The Kier molecular flexibility index (Phi) is 3.28. The van der Waals surface area contributed by atoms with Gasteiger partial charge in [0.05, 0.1) is 23.8 Å². The molecule has 26 heavy (non-hydrogen) atoms. The zero-order valence-corrected chi connectivity index (χ0v) is 14.1. The lowest BCUT2D eigenvalue weighted by atomic mass is 10.0. The summed E-state index contributed by atoms with van der Waals surface area (Å²) in [6, 6.07) is 12.8. The van der Waals surface area contributed by atoms with Gasteiger partial charge in [-0.3, -0.25) is 9.36 Å². The fourth-order valence-corrected chi connectivity index (χ4v) is 3.83. The Bertz CT molecular complexity index is 1280. The Morgan fingerprint density at radius 1 is 1.00 bits per heavy atom. The van der Waals surface area contributed by atoms with Gasteiger partial charge in [0, 0.05) is 11.5 Å². The van der Waals surface area contributed by atoms with Crippen LogP contribution >= 0.6 is 0 Å². The fourth-order valence-electron chi connectivity index (χ4n) is 3.83. The molecule has 0 spiro atoms. The molecule has 2 aromatic carbocycles. The van der Waals surface area contributed by atoms with Crippen molar-refractivity contribution >= 4 is 21.9 Å². The van der Waals surface area contributed by atoms with E-state index in [0.29, 0.717) is 16.5 Å². The Labute approximate surface area is 148 Å². The molecule has 2 aromatic heterocycles. The zero-order valence-electron chi connectivity index (χ0n) is 14.1. The van der Waals surface area contributed by atoms with Crippen molar-refractivity contribution in [2.45, 2.75) is 25.8 Å². The van der Waals surface area contributed by atoms with E-state index in [-0.39, 0.29) is 12.1 Å². The second-order valence-electron chi connectivity index (χ2n) is 6.76. The van der Waals surface area contributed by atoms with E-state index in [2.05, 4.69) is 11.1 Å². The maximum absolute atomic E-state index is 12.8. The number of aromatic nitrogens is 2. The number of fused-ring (bicyclic) bond motifs is 3. The summed E-state index contributed by atoms with van der Waals surface area (Å²) in [6.45, 7) is 0.289. The second-order valence-corrected chi connectivity index (χ2v) is 6.76. The summed E-state index contributed by atoms with van der Waals surface area (Å²) >= 11 is 0. The predicted octanol–water partition coefficient (Wildman–Crippen LogP) is 3.04. The number of benzene rings is 2. The third-order valence-corrected chi connectivity index (χ3v) is 5.11. The first-order valence-corrected chi connectivity index (χ1v) is 8.72. The van der Waals surface area contributed by atoms with Crippen LogP contribution in [0.5, 0.6) is 0 Å². The zero-order chi connectivity index (χ0) is 17.7. The molecule has 5 nitrogen and oxygen atoms in total. The predicted molar refractivity (Wildman–Crippen MR) is 99.6 cm³/mol. The van der Waals surface area contributed by atoms with Gasteiger partial charge < -0.3 is 4.42 Å². The summed E-state index contributed by atoms with van der Waals surface area (Å²) in [7, 11) is 0. The number of hydrogen-bond acceptors (Lipinski definition) is 4. The summed E-state index contributed by atoms with van der Waals surface area (Å²) in [4.78, 5) is 29.1. The van der Waals surface area contributed by atoms with Crippen LogP contribution in [0, 0.1) is 0 Å². The van der Waals surface area contributed by atoms with E-state index in [9.17, 15) is 9.59 Å². The van der Waals surface area contributed by atoms with E-state index in [4.69, 9.17) is 4.42 Å². The molecule has 0 N–H and O–H groups in total. The normalized spacial score (nSPS) is 13.4. The molecule has 0 aliphatic heterocycles. The summed E-state index contributed by atoms with van der Waals surface area (Å²) in [5.74, 6) is 0. The van der Waals surface area contributed by atoms with Gasteiger partial charge in [0.25, 0.3) is 5.56 Å². The average Bonchev–Trinajstić information content (AvgIpc) is 3.10. The largest absolute Gasteiger partial charge is 0.423 e. The van der Waals surface area contributed by atoms with Crippen molar-refractivity contribution in [1.29, 1.82) is 0 Å². The van der Waals surface area contributed by atoms with E-state index in [1.807, 2.05) is 24.3 Å². The third-order valence-electron chi connectivity index (χ3n) is 5.11. The van der Waals surface area contributed by atoms with Crippen LogP contribution in [-0.2, 0) is 19.4 Å². The molecule has 0 amide bonds. The molecule has 5 heteroatoms. The molecular formula is C21H16N2O3. The summed E-state index contributed by atoms with van der Waals surface area (Å²) in [5, 5.41) is 1.47. The van der Waals surface area contributed by atoms with Crippen LogP contribution in [-0.4, -0.2) is 9.55 Å². The minimum Gasteiger partial charge on any atom is -0.423 e. The molecule has 0 radical (unpaired) electrons. The van der Waals surface area contributed by atoms with Gasteiger partial charge in [0.2, 0.25) is 0 Å². The highest BCUT2D eigenvalue weighted by Gasteiger charge is 2.16. The first-order valence-electron chi connectivity index (χ1n) is 8.72. The number of aryl methyl sites for hydroxylation is 2. The topological polar surface area (TPSA) is 65.1 Å². The van der Waals surface area contributed by atoms with Gasteiger partial charge in [0.1, 0.15) is 5.58 Å². The summed E-state index contributed by atoms with van der Waals surface area (Å²) < 4.78 is 6.95. The number of para-hydroxylation sites is 1. The molecule has 0 bridgehead atoms. The van der Waals surface area contributed by atoms with Gasteiger partial charge in [-0.25, -0.2) is 9.78 Å². The summed E-state index contributed by atoms with van der Waals surface area (Å²) in [6.07, 6.45) is 4.73. The smallest absolute Gasteiger partial charge is 0.336 e. The maximum atomic E-state index is 12.8. The molecule has 1 aliphatic carbocycles. The lowest BCUT2D eigenvalue weighted by Crippen LogP contribution is -2.21. The van der Waals surface area contributed by atoms with Gasteiger partial charge in [-0.2, -0.15) is 0 Å². The lowest BCUT2D eigenvalue weighted by molar-refractivity contribution is 0.557. The van der Waals surface area contributed by atoms with Gasteiger partial charge in [-0.05, 0) is 60.2 Å². The molecular weight excluding hydrogens is 328 g/mol. The third kappa shape index (κ3) is 2.36. The van der Waals surface area contributed by atoms with E-state index in [1.54, 1.807) is 17.0 Å². The Morgan fingerprint density at radius 2 is 1.81 bits per heavy atom. The van der Waals surface area contributed by atoms with E-state index < -0.39 is 5.63 Å². The summed E-state index contributed by atoms with van der Waals surface area (Å²) in [5.41, 5.74) is 4.09. The SMILES string of the molecule is O=c1cc(Cn2cnc3ccccc3c2=O)c2cc3c(cc2o1)CCC3. The Hall–Kier alpha value is -3.21. The standard InChI is InChI=1S/C21H16N2O3/c24-20-10-15(17-8-13-4-3-5-14(13)9-19(17)26-20)11-23-12-22-18-7-2-1-6-16(18)21(23)25/h1-2,6-10,12H,3-5,11H2. The van der Waals surface area contributed by atoms with Crippen molar-refractivity contribution in [1.82, 2.24) is 9.55 Å². The molecule has 5 rings (SSSR count). The van der Waals surface area contributed by atoms with Crippen molar-refractivity contribution in [3.63, 3.8) is 0 Å². The number of nitrogens with zero attached hydrogens (tertiary/aromatic N) is 2. The quantitative estimate of drug-likeness (QED) is 0.524. The molecule has 4 aromatic rings. The highest BCUT2D eigenvalue weighted by molar-refractivity contribution is 5.82. The first-order chi connectivity index (χ1) is 12.7. The average molecular weight is 344 g/mol. The van der Waals surface area contributed by atoms with Crippen LogP contribution < -0.4 is 11.2 Å². The molecule has 0 atom stereocenters. The van der Waals surface area contributed by atoms with Crippen molar-refractivity contribution in [3.05, 3.63) is 86.3 Å². The number of hydrogen-bond donors (Lipinski definition) is 0. The first kappa shape index (κ1) is 15.1. The van der Waals surface area contributed by atoms with E-state index in [0.717, 1.165) is 30.2 Å². The van der Waals surface area contributed by atoms with Crippen molar-refractivity contribution in [3.8, 4) is 0 Å². The fraction of sp³-hybridized carbons (Fsp3) is 0.190. The molecule has 0 saturated carbocycles. The van der Waals surface area contributed by atoms with Crippen LogP contribution in [0.15, 0.2) is 62.8 Å². The van der Waals surface area contributed by atoms with Crippen LogP contribution in [0.1, 0.15) is 23.1 Å². The molecule has 1 aliphatic rings. The van der Waals surface area contributed by atoms with Crippen molar-refractivity contribution < 1.29 is 4.42 Å². The van der Waals surface area contributed by atoms with Gasteiger partial charge in [-0.15, -0.1) is 0 Å². The van der Waals surface area contributed by atoms with Crippen LogP contribution in [0.25, 0.3) is 21.9 Å². The van der Waals surface area contributed by atoms with Crippen molar-refractivity contribution in [2.75, 3.05) is 0 Å². The molecule has 128 valence electrons. The number of rotatable bonds is 2. The van der Waals surface area contributed by atoms with Gasteiger partial charge in [0.15, 0.2) is 0 Å². The monoisotopic (exact) mass is 344 g/mol. The second kappa shape index (κ2) is 5.66. The minimum atomic E-state index is -0.396. The maximum Gasteiger partial charge on any atom is 0.336 e. The minimum absolute atomic E-state index is 0.113. The Balaban J connectivity index is 1.69. The molecule has 0 fully saturated rings. The highest BCUT2D eigenvalue weighted by Crippen LogP contribution is 2.28. The molecule has 0 unspecified atom stereocenters. The molecule has 2 heterocycles. The van der Waals surface area contributed by atoms with Gasteiger partial charge >= 0.3 is 5.63 Å². The van der Waals surface area contributed by atoms with Crippen LogP contribution in [0.3, 0.4) is 0 Å². The van der Waals surface area contributed by atoms with E-state index in [1.165, 1.54) is 17.2 Å². The molecule has 0 saturated heterocycles. The highest BCUT2D eigenvalue weighted by atomic mass is 16.4. The van der Waals surface area contributed by atoms with Crippen molar-refractivity contribution in [2.24, 2.45) is 0 Å². The lowest BCUT2D eigenvalue weighted by Gasteiger charge is -2.10. The van der Waals surface area contributed by atoms with Gasteiger partial charge in [-0.1, -0.05) is 12.1 Å². The Morgan fingerprint density at radius 3 is 2.69 bits per heavy atom.